The van der Waals surface area contributed by atoms with Crippen LogP contribution in [0.1, 0.15) is 40.0 Å². The molecule has 1 aliphatic rings. The Bertz CT molecular complexity index is 448. The molecule has 0 radical (unpaired) electrons. The van der Waals surface area contributed by atoms with Crippen LogP contribution in [-0.4, -0.2) is 10.6 Å². The van der Waals surface area contributed by atoms with E-state index in [2.05, 4.69) is 19.2 Å². The Balaban J connectivity index is 2.07. The number of hydrogen-bond acceptors (Lipinski definition) is 2. The maximum Gasteiger partial charge on any atom is 0.250 e. The first-order valence-corrected chi connectivity index (χ1v) is 6.47. The third kappa shape index (κ3) is 2.90. The molecule has 1 saturated carbocycles. The minimum atomic E-state index is 0.0739. The van der Waals surface area contributed by atoms with Gasteiger partial charge in [-0.25, -0.2) is 0 Å². The minimum Gasteiger partial charge on any atom is -0.381 e. The second kappa shape index (κ2) is 4.55. The fourth-order valence-corrected chi connectivity index (χ4v) is 2.66. The Kier molecular flexibility index (Phi) is 3.27. The molecule has 3 nitrogen and oxygen atoms in total. The number of aromatic nitrogens is 1. The van der Waals surface area contributed by atoms with Gasteiger partial charge in [-0.2, -0.15) is 0 Å². The Morgan fingerprint density at radius 3 is 2.82 bits per heavy atom. The van der Waals surface area contributed by atoms with E-state index in [1.54, 1.807) is 10.6 Å². The van der Waals surface area contributed by atoms with Gasteiger partial charge in [0.15, 0.2) is 0 Å². The van der Waals surface area contributed by atoms with Crippen LogP contribution < -0.4 is 10.9 Å². The quantitative estimate of drug-likeness (QED) is 0.872. The fraction of sp³-hybridized carbons (Fsp3) is 0.643. The van der Waals surface area contributed by atoms with Gasteiger partial charge in [0.25, 0.3) is 5.56 Å². The minimum absolute atomic E-state index is 0.0739. The summed E-state index contributed by atoms with van der Waals surface area (Å²) in [6.07, 6.45) is 5.63. The third-order valence-electron chi connectivity index (χ3n) is 3.66. The molecule has 2 rings (SSSR count). The molecule has 0 spiro atoms. The summed E-state index contributed by atoms with van der Waals surface area (Å²) in [4.78, 5) is 11.5. The first-order valence-electron chi connectivity index (χ1n) is 6.47. The number of hydrogen-bond donors (Lipinski definition) is 1. The van der Waals surface area contributed by atoms with Crippen LogP contribution in [0.4, 0.5) is 5.69 Å². The molecule has 17 heavy (non-hydrogen) atoms. The molecule has 0 saturated heterocycles. The highest BCUT2D eigenvalue weighted by atomic mass is 16.1. The summed E-state index contributed by atoms with van der Waals surface area (Å²) >= 11 is 0. The molecule has 1 aliphatic carbocycles. The largest absolute Gasteiger partial charge is 0.381 e. The van der Waals surface area contributed by atoms with Crippen molar-refractivity contribution in [2.24, 2.45) is 5.41 Å². The number of nitrogens with one attached hydrogen (secondary N) is 1. The van der Waals surface area contributed by atoms with Crippen molar-refractivity contribution in [3.05, 3.63) is 28.7 Å². The number of rotatable bonds is 3. The first kappa shape index (κ1) is 12.2. The molecule has 1 N–H and O–H groups in total. The molecule has 1 unspecified atom stereocenters. The van der Waals surface area contributed by atoms with Crippen LogP contribution in [0.3, 0.4) is 0 Å². The molecule has 94 valence electrons. The lowest BCUT2D eigenvalue weighted by molar-refractivity contribution is 0.378. The Morgan fingerprint density at radius 2 is 2.24 bits per heavy atom. The lowest BCUT2D eigenvalue weighted by Crippen LogP contribution is -2.21. The summed E-state index contributed by atoms with van der Waals surface area (Å²) in [7, 11) is 0. The highest BCUT2D eigenvalue weighted by Gasteiger charge is 2.30. The Labute approximate surface area is 103 Å². The van der Waals surface area contributed by atoms with Gasteiger partial charge in [-0.3, -0.25) is 4.79 Å². The molecule has 1 aromatic rings. The predicted octanol–water partition coefficient (Wildman–Crippen LogP) is 2.86. The van der Waals surface area contributed by atoms with Gasteiger partial charge in [0.2, 0.25) is 0 Å². The van der Waals surface area contributed by atoms with Crippen molar-refractivity contribution in [1.82, 2.24) is 4.57 Å². The van der Waals surface area contributed by atoms with Gasteiger partial charge >= 0.3 is 0 Å². The van der Waals surface area contributed by atoms with E-state index in [4.69, 9.17) is 0 Å². The van der Waals surface area contributed by atoms with Crippen molar-refractivity contribution in [1.29, 1.82) is 0 Å². The second-order valence-corrected chi connectivity index (χ2v) is 5.79. The van der Waals surface area contributed by atoms with Gasteiger partial charge in [-0.1, -0.05) is 13.8 Å². The zero-order chi connectivity index (χ0) is 12.5. The van der Waals surface area contributed by atoms with E-state index in [0.717, 1.165) is 12.2 Å². The van der Waals surface area contributed by atoms with Crippen LogP contribution in [0.25, 0.3) is 0 Å². The van der Waals surface area contributed by atoms with Gasteiger partial charge < -0.3 is 9.88 Å². The predicted molar refractivity (Wildman–Crippen MR) is 71.4 cm³/mol. The van der Waals surface area contributed by atoms with E-state index in [9.17, 15) is 4.79 Å². The van der Waals surface area contributed by atoms with Crippen LogP contribution in [0.5, 0.6) is 0 Å². The Morgan fingerprint density at radius 1 is 1.47 bits per heavy atom. The standard InChI is InChI=1S/C14H22N2O/c1-4-16-10-12(5-6-13(16)17)15-11-7-8-14(2,3)9-11/h5-6,10-11,15H,4,7-9H2,1-3H3. The monoisotopic (exact) mass is 234 g/mol. The molecule has 1 atom stereocenters. The van der Waals surface area contributed by atoms with Gasteiger partial charge in [0.1, 0.15) is 0 Å². The number of anilines is 1. The van der Waals surface area contributed by atoms with Crippen LogP contribution in [0, 0.1) is 5.41 Å². The molecule has 0 aliphatic heterocycles. The zero-order valence-electron chi connectivity index (χ0n) is 11.0. The van der Waals surface area contributed by atoms with E-state index in [1.807, 2.05) is 19.2 Å². The lowest BCUT2D eigenvalue weighted by Gasteiger charge is -2.19. The molecular formula is C14H22N2O. The molecule has 1 aromatic heterocycles. The van der Waals surface area contributed by atoms with Crippen molar-refractivity contribution in [2.45, 2.75) is 52.6 Å². The summed E-state index contributed by atoms with van der Waals surface area (Å²) in [6.45, 7) is 7.36. The topological polar surface area (TPSA) is 34.0 Å². The van der Waals surface area contributed by atoms with Crippen LogP contribution >= 0.6 is 0 Å². The first-order chi connectivity index (χ1) is 8.00. The number of pyridine rings is 1. The molecule has 1 fully saturated rings. The maximum atomic E-state index is 11.5. The summed E-state index contributed by atoms with van der Waals surface area (Å²) < 4.78 is 1.74. The van der Waals surface area contributed by atoms with Gasteiger partial charge in [-0.15, -0.1) is 0 Å². The third-order valence-corrected chi connectivity index (χ3v) is 3.66. The summed E-state index contributed by atoms with van der Waals surface area (Å²) in [6, 6.07) is 4.08. The smallest absolute Gasteiger partial charge is 0.250 e. The summed E-state index contributed by atoms with van der Waals surface area (Å²) in [5.41, 5.74) is 1.59. The van der Waals surface area contributed by atoms with Gasteiger partial charge in [0, 0.05) is 24.8 Å². The normalized spacial score (nSPS) is 22.6. The summed E-state index contributed by atoms with van der Waals surface area (Å²) in [5, 5.41) is 3.54. The van der Waals surface area contributed by atoms with Crippen LogP contribution in [0.15, 0.2) is 23.1 Å². The summed E-state index contributed by atoms with van der Waals surface area (Å²) in [5.74, 6) is 0. The van der Waals surface area contributed by atoms with Crippen LogP contribution in [-0.2, 0) is 6.54 Å². The SMILES string of the molecule is CCn1cc(NC2CCC(C)(C)C2)ccc1=O. The lowest BCUT2D eigenvalue weighted by atomic mass is 9.92. The van der Waals surface area contributed by atoms with Crippen molar-refractivity contribution >= 4 is 5.69 Å². The molecule has 0 aromatic carbocycles. The number of aryl methyl sites for hydroxylation is 1. The number of nitrogens with zero attached hydrogens (tertiary/aromatic N) is 1. The molecule has 0 bridgehead atoms. The molecule has 3 heteroatoms. The fourth-order valence-electron chi connectivity index (χ4n) is 2.66. The zero-order valence-corrected chi connectivity index (χ0v) is 11.0. The van der Waals surface area contributed by atoms with Crippen molar-refractivity contribution in [3.63, 3.8) is 0 Å². The van der Waals surface area contributed by atoms with Crippen molar-refractivity contribution < 1.29 is 0 Å². The second-order valence-electron chi connectivity index (χ2n) is 5.79. The average molecular weight is 234 g/mol. The van der Waals surface area contributed by atoms with Crippen molar-refractivity contribution in [3.8, 4) is 0 Å². The van der Waals surface area contributed by atoms with E-state index < -0.39 is 0 Å². The van der Waals surface area contributed by atoms with E-state index in [0.29, 0.717) is 11.5 Å². The molecule has 0 amide bonds. The van der Waals surface area contributed by atoms with Crippen molar-refractivity contribution in [2.75, 3.05) is 5.32 Å². The van der Waals surface area contributed by atoms with E-state index >= 15 is 0 Å². The van der Waals surface area contributed by atoms with Crippen LogP contribution in [0.2, 0.25) is 0 Å². The van der Waals surface area contributed by atoms with E-state index in [-0.39, 0.29) is 5.56 Å². The van der Waals surface area contributed by atoms with Gasteiger partial charge in [0.05, 0.1) is 5.69 Å². The average Bonchev–Trinajstić information content (AvgIpc) is 2.61. The highest BCUT2D eigenvalue weighted by molar-refractivity contribution is 5.41. The van der Waals surface area contributed by atoms with Gasteiger partial charge in [-0.05, 0) is 37.7 Å². The molecule has 1 heterocycles. The molecular weight excluding hydrogens is 212 g/mol. The van der Waals surface area contributed by atoms with E-state index in [1.165, 1.54) is 19.3 Å². The highest BCUT2D eigenvalue weighted by Crippen LogP contribution is 2.38. The maximum absolute atomic E-state index is 11.5. The Hall–Kier alpha value is -1.25.